The highest BCUT2D eigenvalue weighted by Crippen LogP contribution is 2.14. The second kappa shape index (κ2) is 7.59. The molecule has 20 heavy (non-hydrogen) atoms. The number of carboxylic acids is 1. The summed E-state index contributed by atoms with van der Waals surface area (Å²) in [5, 5.41) is 19.5. The molecule has 0 spiro atoms. The van der Waals surface area contributed by atoms with Crippen molar-refractivity contribution in [1.82, 2.24) is 5.32 Å². The molecular formula is C14H14N2O4. The van der Waals surface area contributed by atoms with Gasteiger partial charge in [-0.1, -0.05) is 12.1 Å². The number of carbonyl (C=O) groups excluding carboxylic acids is 1. The van der Waals surface area contributed by atoms with Crippen LogP contribution in [0.1, 0.15) is 12.5 Å². The molecule has 1 amide bonds. The van der Waals surface area contributed by atoms with Crippen molar-refractivity contribution in [3.63, 3.8) is 0 Å². The molecule has 0 saturated carbocycles. The van der Waals surface area contributed by atoms with E-state index < -0.39 is 18.4 Å². The molecule has 1 aromatic carbocycles. The number of carboxylic acid groups (broad SMARTS) is 1. The number of aliphatic carboxylic acids is 1. The Kier molecular flexibility index (Phi) is 5.78. The number of nitrogens with one attached hydrogen (secondary N) is 1. The smallest absolute Gasteiger partial charge is 0.322 e. The van der Waals surface area contributed by atoms with E-state index in [1.807, 2.05) is 6.92 Å². The predicted octanol–water partition coefficient (Wildman–Crippen LogP) is 1.19. The fraction of sp³-hybridized carbons (Fsp3) is 0.214. The summed E-state index contributed by atoms with van der Waals surface area (Å²) in [6.45, 7) is 1.89. The van der Waals surface area contributed by atoms with E-state index in [0.29, 0.717) is 17.9 Å². The predicted molar refractivity (Wildman–Crippen MR) is 71.8 cm³/mol. The van der Waals surface area contributed by atoms with E-state index in [9.17, 15) is 9.59 Å². The Morgan fingerprint density at radius 2 is 2.05 bits per heavy atom. The summed E-state index contributed by atoms with van der Waals surface area (Å²) in [6, 6.07) is 8.58. The van der Waals surface area contributed by atoms with Gasteiger partial charge in [0.25, 0.3) is 5.91 Å². The Bertz CT molecular complexity index is 556. The minimum Gasteiger partial charge on any atom is -0.494 e. The maximum atomic E-state index is 11.6. The van der Waals surface area contributed by atoms with Crippen molar-refractivity contribution in [2.75, 3.05) is 13.2 Å². The number of benzene rings is 1. The Morgan fingerprint density at radius 3 is 2.55 bits per heavy atom. The highest BCUT2D eigenvalue weighted by molar-refractivity contribution is 6.02. The van der Waals surface area contributed by atoms with Gasteiger partial charge in [-0.15, -0.1) is 0 Å². The van der Waals surface area contributed by atoms with Crippen LogP contribution in [-0.2, 0) is 9.59 Å². The molecule has 0 heterocycles. The molecule has 0 aliphatic heterocycles. The molecular weight excluding hydrogens is 260 g/mol. The van der Waals surface area contributed by atoms with Gasteiger partial charge in [0.15, 0.2) is 0 Å². The summed E-state index contributed by atoms with van der Waals surface area (Å²) in [6.07, 6.45) is 1.38. The number of hydrogen-bond acceptors (Lipinski definition) is 4. The zero-order valence-electron chi connectivity index (χ0n) is 10.9. The van der Waals surface area contributed by atoms with Crippen molar-refractivity contribution in [2.45, 2.75) is 6.92 Å². The van der Waals surface area contributed by atoms with Crippen molar-refractivity contribution >= 4 is 18.0 Å². The molecule has 0 fully saturated rings. The number of rotatable bonds is 6. The first-order valence-corrected chi connectivity index (χ1v) is 5.91. The standard InChI is InChI=1S/C14H14N2O4/c1-2-20-12-5-3-10(4-6-12)7-11(8-15)14(19)16-9-13(17)18/h3-7H,2,9H2,1H3,(H,16,19)(H,17,18). The van der Waals surface area contributed by atoms with Crippen LogP contribution in [0.25, 0.3) is 6.08 Å². The quantitative estimate of drug-likeness (QED) is 0.599. The fourth-order valence-corrected chi connectivity index (χ4v) is 1.39. The molecule has 0 saturated heterocycles. The first-order valence-electron chi connectivity index (χ1n) is 5.91. The van der Waals surface area contributed by atoms with Crippen molar-refractivity contribution in [2.24, 2.45) is 0 Å². The lowest BCUT2D eigenvalue weighted by atomic mass is 10.1. The number of nitriles is 1. The molecule has 0 atom stereocenters. The number of ether oxygens (including phenoxy) is 1. The maximum Gasteiger partial charge on any atom is 0.322 e. The van der Waals surface area contributed by atoms with Crippen LogP contribution in [0.2, 0.25) is 0 Å². The first-order chi connectivity index (χ1) is 9.56. The third-order valence-corrected chi connectivity index (χ3v) is 2.27. The zero-order chi connectivity index (χ0) is 15.0. The lowest BCUT2D eigenvalue weighted by Crippen LogP contribution is -2.30. The molecule has 6 heteroatoms. The van der Waals surface area contributed by atoms with Gasteiger partial charge in [-0.05, 0) is 30.7 Å². The van der Waals surface area contributed by atoms with Crippen LogP contribution < -0.4 is 10.1 Å². The van der Waals surface area contributed by atoms with Crippen molar-refractivity contribution in [3.8, 4) is 11.8 Å². The van der Waals surface area contributed by atoms with Gasteiger partial charge >= 0.3 is 5.97 Å². The second-order valence-corrected chi connectivity index (χ2v) is 3.75. The number of hydrogen-bond donors (Lipinski definition) is 2. The van der Waals surface area contributed by atoms with Gasteiger partial charge in [0.2, 0.25) is 0 Å². The Balaban J connectivity index is 2.80. The van der Waals surface area contributed by atoms with Crippen LogP contribution in [0.4, 0.5) is 0 Å². The molecule has 2 N–H and O–H groups in total. The van der Waals surface area contributed by atoms with Crippen molar-refractivity contribution < 1.29 is 19.4 Å². The van der Waals surface area contributed by atoms with Gasteiger partial charge in [-0.2, -0.15) is 5.26 Å². The Morgan fingerprint density at radius 1 is 1.40 bits per heavy atom. The van der Waals surface area contributed by atoms with Gasteiger partial charge in [-0.3, -0.25) is 9.59 Å². The summed E-state index contributed by atoms with van der Waals surface area (Å²) < 4.78 is 5.27. The lowest BCUT2D eigenvalue weighted by molar-refractivity contribution is -0.137. The molecule has 0 aromatic heterocycles. The van der Waals surface area contributed by atoms with E-state index >= 15 is 0 Å². The Labute approximate surface area is 116 Å². The molecule has 0 aliphatic carbocycles. The Hall–Kier alpha value is -2.81. The van der Waals surface area contributed by atoms with Crippen LogP contribution in [0, 0.1) is 11.3 Å². The summed E-state index contributed by atoms with van der Waals surface area (Å²) in [7, 11) is 0. The largest absolute Gasteiger partial charge is 0.494 e. The minimum atomic E-state index is -1.17. The van der Waals surface area contributed by atoms with Crippen LogP contribution in [0.3, 0.4) is 0 Å². The average Bonchev–Trinajstić information content (AvgIpc) is 2.44. The van der Waals surface area contributed by atoms with Crippen LogP contribution in [0.5, 0.6) is 5.75 Å². The van der Waals surface area contributed by atoms with Crippen molar-refractivity contribution in [3.05, 3.63) is 35.4 Å². The topological polar surface area (TPSA) is 99.4 Å². The highest BCUT2D eigenvalue weighted by atomic mass is 16.5. The first kappa shape index (κ1) is 15.2. The van der Waals surface area contributed by atoms with E-state index in [1.54, 1.807) is 30.3 Å². The second-order valence-electron chi connectivity index (χ2n) is 3.75. The minimum absolute atomic E-state index is 0.157. The summed E-state index contributed by atoms with van der Waals surface area (Å²) in [4.78, 5) is 21.9. The monoisotopic (exact) mass is 274 g/mol. The summed E-state index contributed by atoms with van der Waals surface area (Å²) in [5.74, 6) is -1.20. The van der Waals surface area contributed by atoms with E-state index in [4.69, 9.17) is 15.1 Å². The summed E-state index contributed by atoms with van der Waals surface area (Å²) in [5.41, 5.74) is 0.492. The van der Waals surface area contributed by atoms with Gasteiger partial charge in [-0.25, -0.2) is 0 Å². The van der Waals surface area contributed by atoms with Crippen LogP contribution in [0.15, 0.2) is 29.8 Å². The molecule has 104 valence electrons. The molecule has 0 bridgehead atoms. The molecule has 6 nitrogen and oxygen atoms in total. The van der Waals surface area contributed by atoms with E-state index in [0.717, 1.165) is 0 Å². The van der Waals surface area contributed by atoms with E-state index in [-0.39, 0.29) is 5.57 Å². The van der Waals surface area contributed by atoms with E-state index in [2.05, 4.69) is 5.32 Å². The third kappa shape index (κ3) is 4.82. The average molecular weight is 274 g/mol. The highest BCUT2D eigenvalue weighted by Gasteiger charge is 2.10. The molecule has 1 rings (SSSR count). The molecule has 0 unspecified atom stereocenters. The molecule has 0 aliphatic rings. The summed E-state index contributed by atoms with van der Waals surface area (Å²) >= 11 is 0. The number of nitrogens with zero attached hydrogens (tertiary/aromatic N) is 1. The zero-order valence-corrected chi connectivity index (χ0v) is 10.9. The van der Waals surface area contributed by atoms with Gasteiger partial charge in [0.05, 0.1) is 6.61 Å². The third-order valence-electron chi connectivity index (χ3n) is 2.27. The lowest BCUT2D eigenvalue weighted by Gasteiger charge is -2.03. The normalized spacial score (nSPS) is 10.5. The number of carbonyl (C=O) groups is 2. The fourth-order valence-electron chi connectivity index (χ4n) is 1.39. The maximum absolute atomic E-state index is 11.6. The van der Waals surface area contributed by atoms with Crippen molar-refractivity contribution in [1.29, 1.82) is 5.26 Å². The van der Waals surface area contributed by atoms with E-state index in [1.165, 1.54) is 6.08 Å². The van der Waals surface area contributed by atoms with Gasteiger partial charge in [0.1, 0.15) is 23.9 Å². The van der Waals surface area contributed by atoms with Crippen LogP contribution >= 0.6 is 0 Å². The van der Waals surface area contributed by atoms with Gasteiger partial charge in [0, 0.05) is 0 Å². The number of amides is 1. The van der Waals surface area contributed by atoms with Gasteiger partial charge < -0.3 is 15.2 Å². The SMILES string of the molecule is CCOc1ccc(C=C(C#N)C(=O)NCC(=O)O)cc1. The molecule has 1 aromatic rings. The molecule has 0 radical (unpaired) electrons. The van der Waals surface area contributed by atoms with Crippen LogP contribution in [-0.4, -0.2) is 30.1 Å².